The first-order valence-corrected chi connectivity index (χ1v) is 9.09. The summed E-state index contributed by atoms with van der Waals surface area (Å²) in [6.07, 6.45) is 3.24. The lowest BCUT2D eigenvalue weighted by Crippen LogP contribution is -2.42. The Morgan fingerprint density at radius 2 is 2.08 bits per heavy atom. The molecule has 8 heteroatoms. The molecule has 7 nitrogen and oxygen atoms in total. The Morgan fingerprint density at radius 3 is 2.76 bits per heavy atom. The van der Waals surface area contributed by atoms with Crippen LogP contribution in [0.2, 0.25) is 5.15 Å². The molecule has 1 aromatic rings. The van der Waals surface area contributed by atoms with Gasteiger partial charge in [0.25, 0.3) is 0 Å². The monoisotopic (exact) mass is 367 g/mol. The second kappa shape index (κ2) is 6.86. The summed E-state index contributed by atoms with van der Waals surface area (Å²) < 4.78 is 5.40. The molecule has 1 saturated carbocycles. The number of anilines is 2. The lowest BCUT2D eigenvalue weighted by Gasteiger charge is -2.25. The minimum Gasteiger partial charge on any atom is -0.444 e. The van der Waals surface area contributed by atoms with Crippen molar-refractivity contribution < 1.29 is 9.53 Å². The minimum atomic E-state index is -0.483. The van der Waals surface area contributed by atoms with Gasteiger partial charge in [-0.25, -0.2) is 14.8 Å². The van der Waals surface area contributed by atoms with Crippen molar-refractivity contribution in [2.24, 2.45) is 11.8 Å². The fraction of sp³-hybridized carbons (Fsp3) is 0.706. The average molecular weight is 368 g/mol. The van der Waals surface area contributed by atoms with Crippen molar-refractivity contribution in [3.8, 4) is 0 Å². The predicted octanol–water partition coefficient (Wildman–Crippen LogP) is 2.91. The van der Waals surface area contributed by atoms with Crippen LogP contribution in [0.5, 0.6) is 0 Å². The lowest BCUT2D eigenvalue weighted by atomic mass is 9.98. The molecule has 1 aromatic heterocycles. The number of aromatic nitrogens is 2. The number of ether oxygens (including phenoxy) is 1. The fourth-order valence-electron chi connectivity index (χ4n) is 3.89. The van der Waals surface area contributed by atoms with Crippen LogP contribution in [0.1, 0.15) is 33.6 Å². The molecule has 138 valence electrons. The van der Waals surface area contributed by atoms with E-state index in [1.807, 2.05) is 27.8 Å². The number of carbonyl (C=O) groups excluding carboxylic acids is 1. The quantitative estimate of drug-likeness (QED) is 0.800. The molecule has 1 amide bonds. The topological polar surface area (TPSA) is 79.4 Å². The van der Waals surface area contributed by atoms with E-state index in [4.69, 9.17) is 16.3 Å². The summed E-state index contributed by atoms with van der Waals surface area (Å²) in [5, 5.41) is 6.57. The van der Waals surface area contributed by atoms with Crippen LogP contribution in [0, 0.1) is 11.8 Å². The minimum absolute atomic E-state index is 0.139. The van der Waals surface area contributed by atoms with Gasteiger partial charge in [0.05, 0.1) is 0 Å². The number of fused-ring (bicyclic) bond motifs is 1. The highest BCUT2D eigenvalue weighted by molar-refractivity contribution is 6.32. The van der Waals surface area contributed by atoms with Crippen molar-refractivity contribution in [1.29, 1.82) is 0 Å². The number of hydrogen-bond donors (Lipinski definition) is 2. The molecule has 0 radical (unpaired) electrons. The summed E-state index contributed by atoms with van der Waals surface area (Å²) in [7, 11) is 1.82. The third-order valence-corrected chi connectivity index (χ3v) is 5.18. The third kappa shape index (κ3) is 3.92. The van der Waals surface area contributed by atoms with Crippen molar-refractivity contribution >= 4 is 29.2 Å². The molecule has 3 atom stereocenters. The summed E-state index contributed by atoms with van der Waals surface area (Å²) >= 11 is 6.17. The molecule has 0 spiro atoms. The number of nitrogens with one attached hydrogen (secondary N) is 2. The summed E-state index contributed by atoms with van der Waals surface area (Å²) in [5.74, 6) is 1.76. The number of carbonyl (C=O) groups is 1. The molecule has 1 aliphatic heterocycles. The van der Waals surface area contributed by atoms with Crippen LogP contribution in [-0.2, 0) is 4.74 Å². The normalized spacial score (nSPS) is 25.6. The Bertz CT molecular complexity index is 648. The zero-order chi connectivity index (χ0) is 18.2. The largest absolute Gasteiger partial charge is 0.444 e. The lowest BCUT2D eigenvalue weighted by molar-refractivity contribution is 0.0493. The second-order valence-electron chi connectivity index (χ2n) is 7.77. The van der Waals surface area contributed by atoms with E-state index in [1.165, 1.54) is 6.33 Å². The predicted molar refractivity (Wildman–Crippen MR) is 98.2 cm³/mol. The van der Waals surface area contributed by atoms with Gasteiger partial charge < -0.3 is 20.3 Å². The summed E-state index contributed by atoms with van der Waals surface area (Å²) in [6.45, 7) is 7.38. The molecular weight excluding hydrogens is 342 g/mol. The Kier molecular flexibility index (Phi) is 4.95. The van der Waals surface area contributed by atoms with E-state index in [9.17, 15) is 4.79 Å². The molecule has 3 rings (SSSR count). The average Bonchev–Trinajstić information content (AvgIpc) is 3.07. The number of alkyl carbamates (subject to hydrolysis) is 1. The van der Waals surface area contributed by atoms with Crippen molar-refractivity contribution in [1.82, 2.24) is 15.3 Å². The van der Waals surface area contributed by atoms with Gasteiger partial charge in [0.1, 0.15) is 17.6 Å². The van der Waals surface area contributed by atoms with E-state index in [0.29, 0.717) is 17.0 Å². The highest BCUT2D eigenvalue weighted by Crippen LogP contribution is 2.41. The number of hydrogen-bond acceptors (Lipinski definition) is 6. The third-order valence-electron chi connectivity index (χ3n) is 4.89. The Balaban J connectivity index is 1.68. The van der Waals surface area contributed by atoms with Gasteiger partial charge in [-0.15, -0.1) is 0 Å². The zero-order valence-electron chi connectivity index (χ0n) is 15.2. The second-order valence-corrected chi connectivity index (χ2v) is 8.13. The maximum atomic E-state index is 12.1. The molecule has 1 aliphatic carbocycles. The van der Waals surface area contributed by atoms with E-state index in [1.54, 1.807) is 0 Å². The molecule has 0 aromatic carbocycles. The zero-order valence-corrected chi connectivity index (χ0v) is 15.9. The van der Waals surface area contributed by atoms with Crippen LogP contribution in [0.4, 0.5) is 16.3 Å². The Labute approximate surface area is 153 Å². The van der Waals surface area contributed by atoms with Crippen LogP contribution in [0.25, 0.3) is 0 Å². The van der Waals surface area contributed by atoms with Crippen molar-refractivity contribution in [3.63, 3.8) is 0 Å². The Hall–Kier alpha value is -1.76. The summed E-state index contributed by atoms with van der Waals surface area (Å²) in [4.78, 5) is 22.8. The molecule has 0 bridgehead atoms. The van der Waals surface area contributed by atoms with Crippen LogP contribution in [0.3, 0.4) is 0 Å². The number of rotatable bonds is 3. The smallest absolute Gasteiger partial charge is 0.407 e. The van der Waals surface area contributed by atoms with Gasteiger partial charge in [-0.05, 0) is 39.5 Å². The van der Waals surface area contributed by atoms with Crippen LogP contribution >= 0.6 is 11.6 Å². The molecule has 2 aliphatic rings. The van der Waals surface area contributed by atoms with E-state index < -0.39 is 5.60 Å². The first kappa shape index (κ1) is 18.0. The number of nitrogens with zero attached hydrogens (tertiary/aromatic N) is 3. The number of amides is 1. The standard InChI is InChI=1S/C17H26ClN5O2/c1-17(2,3)25-16(24)22-12-6-5-10-7-23(8-11(10)12)15-13(19-4)14(18)20-9-21-15/h9-12,19H,5-8H2,1-4H3,(H,22,24). The van der Waals surface area contributed by atoms with Crippen molar-refractivity contribution in [2.45, 2.75) is 45.3 Å². The molecule has 1 saturated heterocycles. The SMILES string of the molecule is CNc1c(Cl)ncnc1N1CC2CCC(NC(=O)OC(C)(C)C)C2C1. The van der Waals surface area contributed by atoms with Gasteiger partial charge in [-0.1, -0.05) is 11.6 Å². The number of halogens is 1. The van der Waals surface area contributed by atoms with Crippen molar-refractivity contribution in [3.05, 3.63) is 11.5 Å². The van der Waals surface area contributed by atoms with Crippen LogP contribution < -0.4 is 15.5 Å². The molecule has 3 unspecified atom stereocenters. The molecule has 25 heavy (non-hydrogen) atoms. The fourth-order valence-corrected chi connectivity index (χ4v) is 4.11. The van der Waals surface area contributed by atoms with Gasteiger partial charge in [0.15, 0.2) is 11.0 Å². The highest BCUT2D eigenvalue weighted by atomic mass is 35.5. The molecular formula is C17H26ClN5O2. The van der Waals surface area contributed by atoms with E-state index in [-0.39, 0.29) is 12.1 Å². The maximum absolute atomic E-state index is 12.1. The van der Waals surface area contributed by atoms with Crippen molar-refractivity contribution in [2.75, 3.05) is 30.4 Å². The maximum Gasteiger partial charge on any atom is 0.407 e. The summed E-state index contributed by atoms with van der Waals surface area (Å²) in [6, 6.07) is 0.139. The van der Waals surface area contributed by atoms with Gasteiger partial charge in [0.2, 0.25) is 0 Å². The highest BCUT2D eigenvalue weighted by Gasteiger charge is 2.44. The Morgan fingerprint density at radius 1 is 1.32 bits per heavy atom. The van der Waals surface area contributed by atoms with Crippen LogP contribution in [0.15, 0.2) is 6.33 Å². The first-order valence-electron chi connectivity index (χ1n) is 8.71. The van der Waals surface area contributed by atoms with Gasteiger partial charge in [0, 0.05) is 32.1 Å². The molecule has 2 heterocycles. The van der Waals surface area contributed by atoms with Gasteiger partial charge in [-0.3, -0.25) is 0 Å². The van der Waals surface area contributed by atoms with E-state index in [0.717, 1.165) is 37.4 Å². The van der Waals surface area contributed by atoms with Crippen LogP contribution in [-0.4, -0.2) is 47.8 Å². The molecule has 2 fully saturated rings. The van der Waals surface area contributed by atoms with E-state index in [2.05, 4.69) is 25.5 Å². The molecule has 2 N–H and O–H groups in total. The first-order chi connectivity index (χ1) is 11.8. The van der Waals surface area contributed by atoms with E-state index >= 15 is 0 Å². The summed E-state index contributed by atoms with van der Waals surface area (Å²) in [5.41, 5.74) is 0.268. The van der Waals surface area contributed by atoms with Gasteiger partial charge in [-0.2, -0.15) is 0 Å². The van der Waals surface area contributed by atoms with Gasteiger partial charge >= 0.3 is 6.09 Å².